The maximum atomic E-state index is 14.3. The Kier molecular flexibility index (Phi) is 8.29. The highest BCUT2D eigenvalue weighted by Gasteiger charge is 2.34. The van der Waals surface area contributed by atoms with Crippen LogP contribution in [-0.2, 0) is 9.59 Å². The first-order valence-electron chi connectivity index (χ1n) is 11.8. The molecular formula is C28H32FN3O4. The number of nitrogens with zero attached hydrogens (tertiary/aromatic N) is 1. The summed E-state index contributed by atoms with van der Waals surface area (Å²) in [5.41, 5.74) is 1.23. The molecule has 0 bridgehead atoms. The van der Waals surface area contributed by atoms with Crippen LogP contribution < -0.4 is 15.5 Å². The van der Waals surface area contributed by atoms with Crippen molar-refractivity contribution in [2.24, 2.45) is 0 Å². The van der Waals surface area contributed by atoms with Crippen LogP contribution in [0, 0.1) is 5.82 Å². The largest absolute Gasteiger partial charge is 0.459 e. The SMILES string of the molecule is CC(C)c1ccc([C@@H](C(=O)NC(C)(C)C)N(C(=O)CNC(=O)c2ccco2)c2cccc(F)c2)cc1. The Morgan fingerprint density at radius 2 is 1.64 bits per heavy atom. The van der Waals surface area contributed by atoms with Gasteiger partial charge in [0.2, 0.25) is 11.8 Å². The van der Waals surface area contributed by atoms with E-state index in [1.807, 2.05) is 32.9 Å². The smallest absolute Gasteiger partial charge is 0.287 e. The van der Waals surface area contributed by atoms with Crippen LogP contribution in [0.3, 0.4) is 0 Å². The third-order valence-electron chi connectivity index (χ3n) is 5.42. The highest BCUT2D eigenvalue weighted by Crippen LogP contribution is 2.30. The first-order chi connectivity index (χ1) is 17.0. The summed E-state index contributed by atoms with van der Waals surface area (Å²) in [5.74, 6) is -1.85. The lowest BCUT2D eigenvalue weighted by Gasteiger charge is -2.34. The number of furan rings is 1. The van der Waals surface area contributed by atoms with Gasteiger partial charge in [0.1, 0.15) is 11.9 Å². The van der Waals surface area contributed by atoms with Gasteiger partial charge in [-0.15, -0.1) is 0 Å². The summed E-state index contributed by atoms with van der Waals surface area (Å²) in [6.45, 7) is 9.19. The average molecular weight is 494 g/mol. The molecule has 3 rings (SSSR count). The van der Waals surface area contributed by atoms with Crippen molar-refractivity contribution in [3.8, 4) is 0 Å². The number of amides is 3. The Morgan fingerprint density at radius 3 is 2.19 bits per heavy atom. The van der Waals surface area contributed by atoms with Gasteiger partial charge in [0.25, 0.3) is 5.91 Å². The zero-order valence-corrected chi connectivity index (χ0v) is 21.2. The Bertz CT molecular complexity index is 1200. The van der Waals surface area contributed by atoms with Crippen molar-refractivity contribution in [1.29, 1.82) is 0 Å². The Labute approximate surface area is 210 Å². The fourth-order valence-electron chi connectivity index (χ4n) is 3.72. The molecule has 0 aliphatic carbocycles. The summed E-state index contributed by atoms with van der Waals surface area (Å²) in [6, 6.07) is 14.8. The van der Waals surface area contributed by atoms with Crippen LogP contribution in [0.2, 0.25) is 0 Å². The van der Waals surface area contributed by atoms with Crippen molar-refractivity contribution in [2.45, 2.75) is 52.1 Å². The lowest BCUT2D eigenvalue weighted by Crippen LogP contribution is -2.51. The Hall–Kier alpha value is -3.94. The molecule has 1 atom stereocenters. The molecule has 8 heteroatoms. The zero-order chi connectivity index (χ0) is 26.5. The van der Waals surface area contributed by atoms with E-state index in [4.69, 9.17) is 4.42 Å². The summed E-state index contributed by atoms with van der Waals surface area (Å²) < 4.78 is 19.3. The minimum atomic E-state index is -1.11. The van der Waals surface area contributed by atoms with E-state index >= 15 is 0 Å². The third-order valence-corrected chi connectivity index (χ3v) is 5.42. The van der Waals surface area contributed by atoms with Gasteiger partial charge < -0.3 is 15.1 Å². The monoisotopic (exact) mass is 493 g/mol. The van der Waals surface area contributed by atoms with Gasteiger partial charge >= 0.3 is 0 Å². The van der Waals surface area contributed by atoms with Gasteiger partial charge in [-0.25, -0.2) is 4.39 Å². The fourth-order valence-corrected chi connectivity index (χ4v) is 3.72. The molecule has 0 fully saturated rings. The second-order valence-electron chi connectivity index (χ2n) is 9.87. The molecule has 0 aliphatic rings. The number of nitrogens with one attached hydrogen (secondary N) is 2. The Balaban J connectivity index is 2.04. The molecule has 7 nitrogen and oxygen atoms in total. The summed E-state index contributed by atoms with van der Waals surface area (Å²) in [7, 11) is 0. The molecule has 0 aliphatic heterocycles. The van der Waals surface area contributed by atoms with Crippen LogP contribution in [0.1, 0.15) is 68.3 Å². The van der Waals surface area contributed by atoms with E-state index in [1.54, 1.807) is 24.3 Å². The standard InChI is InChI=1S/C28H32FN3O4/c1-18(2)19-11-13-20(14-12-19)25(27(35)31-28(3,4)5)32(22-9-6-8-21(29)16-22)24(33)17-30-26(34)23-10-7-15-36-23/h6-16,18,25H,17H2,1-5H3,(H,30,34)(H,31,35)/t25-/m0/s1. The van der Waals surface area contributed by atoms with Crippen molar-refractivity contribution < 1.29 is 23.2 Å². The highest BCUT2D eigenvalue weighted by molar-refractivity contribution is 6.04. The van der Waals surface area contributed by atoms with E-state index < -0.39 is 41.7 Å². The van der Waals surface area contributed by atoms with Crippen LogP contribution in [0.25, 0.3) is 0 Å². The predicted octanol–water partition coefficient (Wildman–Crippen LogP) is 4.96. The van der Waals surface area contributed by atoms with E-state index in [9.17, 15) is 18.8 Å². The molecule has 2 aromatic carbocycles. The molecule has 190 valence electrons. The number of carbonyl (C=O) groups is 3. The lowest BCUT2D eigenvalue weighted by atomic mass is 9.96. The lowest BCUT2D eigenvalue weighted by molar-refractivity contribution is -0.127. The van der Waals surface area contributed by atoms with Gasteiger partial charge in [0.15, 0.2) is 5.76 Å². The van der Waals surface area contributed by atoms with E-state index in [-0.39, 0.29) is 17.4 Å². The van der Waals surface area contributed by atoms with Crippen molar-refractivity contribution in [3.63, 3.8) is 0 Å². The summed E-state index contributed by atoms with van der Waals surface area (Å²) >= 11 is 0. The molecule has 36 heavy (non-hydrogen) atoms. The molecule has 1 heterocycles. The van der Waals surface area contributed by atoms with Gasteiger partial charge in [-0.2, -0.15) is 0 Å². The second kappa shape index (κ2) is 11.2. The maximum absolute atomic E-state index is 14.3. The quantitative estimate of drug-likeness (QED) is 0.464. The molecule has 0 unspecified atom stereocenters. The average Bonchev–Trinajstić information content (AvgIpc) is 3.34. The van der Waals surface area contributed by atoms with Crippen LogP contribution >= 0.6 is 0 Å². The minimum Gasteiger partial charge on any atom is -0.459 e. The summed E-state index contributed by atoms with van der Waals surface area (Å²) in [4.78, 5) is 40.8. The van der Waals surface area contributed by atoms with Gasteiger partial charge in [-0.1, -0.05) is 44.2 Å². The first-order valence-corrected chi connectivity index (χ1v) is 11.8. The fraction of sp³-hybridized carbons (Fsp3) is 0.321. The normalized spacial score (nSPS) is 12.2. The van der Waals surface area contributed by atoms with Crippen LogP contribution in [0.15, 0.2) is 71.3 Å². The van der Waals surface area contributed by atoms with E-state index in [0.717, 1.165) is 5.56 Å². The number of rotatable bonds is 8. The van der Waals surface area contributed by atoms with Crippen molar-refractivity contribution in [2.75, 3.05) is 11.4 Å². The highest BCUT2D eigenvalue weighted by atomic mass is 19.1. The molecule has 0 saturated heterocycles. The van der Waals surface area contributed by atoms with Crippen molar-refractivity contribution in [3.05, 3.63) is 89.6 Å². The van der Waals surface area contributed by atoms with E-state index in [2.05, 4.69) is 24.5 Å². The van der Waals surface area contributed by atoms with Crippen molar-refractivity contribution in [1.82, 2.24) is 10.6 Å². The molecule has 0 spiro atoms. The predicted molar refractivity (Wildman–Crippen MR) is 136 cm³/mol. The zero-order valence-electron chi connectivity index (χ0n) is 21.2. The topological polar surface area (TPSA) is 91.7 Å². The summed E-state index contributed by atoms with van der Waals surface area (Å²) in [5, 5.41) is 5.45. The number of halogens is 1. The summed E-state index contributed by atoms with van der Waals surface area (Å²) in [6.07, 6.45) is 1.35. The Morgan fingerprint density at radius 1 is 0.972 bits per heavy atom. The van der Waals surface area contributed by atoms with Gasteiger partial charge in [0.05, 0.1) is 12.8 Å². The molecule has 3 aromatic rings. The van der Waals surface area contributed by atoms with Crippen LogP contribution in [-0.4, -0.2) is 29.8 Å². The maximum Gasteiger partial charge on any atom is 0.287 e. The number of hydrogen-bond donors (Lipinski definition) is 2. The van der Waals surface area contributed by atoms with Gasteiger partial charge in [-0.05, 0) is 68.1 Å². The van der Waals surface area contributed by atoms with E-state index in [1.165, 1.54) is 35.4 Å². The third kappa shape index (κ3) is 6.81. The molecule has 0 radical (unpaired) electrons. The number of hydrogen-bond acceptors (Lipinski definition) is 4. The van der Waals surface area contributed by atoms with Crippen molar-refractivity contribution >= 4 is 23.4 Å². The minimum absolute atomic E-state index is 0.0476. The van der Waals surface area contributed by atoms with Gasteiger partial charge in [-0.3, -0.25) is 19.3 Å². The number of carbonyl (C=O) groups excluding carboxylic acids is 3. The molecular weight excluding hydrogens is 461 g/mol. The van der Waals surface area contributed by atoms with Gasteiger partial charge in [0, 0.05) is 11.2 Å². The number of anilines is 1. The van der Waals surface area contributed by atoms with Crippen LogP contribution in [0.5, 0.6) is 0 Å². The molecule has 3 amide bonds. The first kappa shape index (κ1) is 26.7. The molecule has 1 aromatic heterocycles. The molecule has 0 saturated carbocycles. The van der Waals surface area contributed by atoms with E-state index in [0.29, 0.717) is 5.56 Å². The molecule has 2 N–H and O–H groups in total. The van der Waals surface area contributed by atoms with Crippen LogP contribution in [0.4, 0.5) is 10.1 Å². The second-order valence-corrected chi connectivity index (χ2v) is 9.87. The number of benzene rings is 2.